The van der Waals surface area contributed by atoms with Gasteiger partial charge in [-0.2, -0.15) is 5.26 Å². The first-order chi connectivity index (χ1) is 16.1. The Morgan fingerprint density at radius 3 is 2.64 bits per heavy atom. The third-order valence-corrected chi connectivity index (χ3v) is 4.99. The Kier molecular flexibility index (Phi) is 5.09. The van der Waals surface area contributed by atoms with Crippen LogP contribution in [0.1, 0.15) is 16.7 Å². The number of anilines is 2. The highest BCUT2D eigenvalue weighted by Crippen LogP contribution is 2.26. The molecule has 1 unspecified atom stereocenters. The van der Waals surface area contributed by atoms with Gasteiger partial charge < -0.3 is 15.1 Å². The molecule has 9 heteroatoms. The topological polar surface area (TPSA) is 116 Å². The number of aliphatic imine (C=N–C) groups is 1. The number of halogens is 1. The van der Waals surface area contributed by atoms with Crippen LogP contribution in [0, 0.1) is 17.1 Å². The second-order valence-electron chi connectivity index (χ2n) is 7.17. The van der Waals surface area contributed by atoms with E-state index in [4.69, 9.17) is 4.42 Å². The number of benzodiazepines with no additional fused rings is 1. The molecule has 1 aromatic heterocycles. The Labute approximate surface area is 187 Å². The van der Waals surface area contributed by atoms with Crippen LogP contribution in [-0.4, -0.2) is 28.0 Å². The van der Waals surface area contributed by atoms with Crippen LogP contribution in [0.2, 0.25) is 0 Å². The average Bonchev–Trinajstić information content (AvgIpc) is 3.25. The number of rotatable bonds is 4. The van der Waals surface area contributed by atoms with Crippen molar-refractivity contribution in [3.8, 4) is 17.5 Å². The maximum Gasteiger partial charge on any atom is 0.317 e. The number of aromatic nitrogens is 2. The zero-order valence-corrected chi connectivity index (χ0v) is 17.0. The minimum absolute atomic E-state index is 0.0192. The third kappa shape index (κ3) is 4.05. The fourth-order valence-electron chi connectivity index (χ4n) is 3.43. The first-order valence-corrected chi connectivity index (χ1v) is 9.95. The number of carbonyl (C=O) groups is 1. The summed E-state index contributed by atoms with van der Waals surface area (Å²) in [6, 6.07) is 22.0. The third-order valence-electron chi connectivity index (χ3n) is 4.99. The number of carbonyl (C=O) groups excluding carboxylic acids is 1. The number of benzene rings is 3. The number of para-hydroxylation sites is 1. The summed E-state index contributed by atoms with van der Waals surface area (Å²) < 4.78 is 18.8. The molecule has 0 saturated carbocycles. The molecule has 1 aliphatic rings. The van der Waals surface area contributed by atoms with Crippen LogP contribution in [0.25, 0.3) is 11.5 Å². The first kappa shape index (κ1) is 20.1. The molecule has 33 heavy (non-hydrogen) atoms. The van der Waals surface area contributed by atoms with Gasteiger partial charge in [-0.15, -0.1) is 5.10 Å². The van der Waals surface area contributed by atoms with Crippen LogP contribution in [0.4, 0.5) is 16.1 Å². The van der Waals surface area contributed by atoms with Crippen LogP contribution < -0.4 is 10.6 Å². The maximum absolute atomic E-state index is 13.2. The van der Waals surface area contributed by atoms with Crippen molar-refractivity contribution in [1.29, 1.82) is 5.26 Å². The molecule has 3 aromatic carbocycles. The van der Waals surface area contributed by atoms with E-state index in [-0.39, 0.29) is 17.7 Å². The summed E-state index contributed by atoms with van der Waals surface area (Å²) in [6.07, 6.45) is -1.08. The van der Waals surface area contributed by atoms with Crippen molar-refractivity contribution >= 4 is 23.3 Å². The summed E-state index contributed by atoms with van der Waals surface area (Å²) >= 11 is 0. The van der Waals surface area contributed by atoms with Gasteiger partial charge in [-0.05, 0) is 42.5 Å². The van der Waals surface area contributed by atoms with Gasteiger partial charge >= 0.3 is 6.01 Å². The van der Waals surface area contributed by atoms with E-state index in [2.05, 4.69) is 31.9 Å². The predicted octanol–water partition coefficient (Wildman–Crippen LogP) is 3.98. The fourth-order valence-corrected chi connectivity index (χ4v) is 3.43. The summed E-state index contributed by atoms with van der Waals surface area (Å²) in [5.41, 5.74) is 3.51. The zero-order chi connectivity index (χ0) is 22.8. The highest BCUT2D eigenvalue weighted by atomic mass is 19.1. The van der Waals surface area contributed by atoms with Gasteiger partial charge in [0.1, 0.15) is 5.82 Å². The Morgan fingerprint density at radius 2 is 1.82 bits per heavy atom. The predicted molar refractivity (Wildman–Crippen MR) is 119 cm³/mol. The van der Waals surface area contributed by atoms with Gasteiger partial charge in [-0.25, -0.2) is 9.38 Å². The average molecular weight is 438 g/mol. The van der Waals surface area contributed by atoms with Gasteiger partial charge in [0.25, 0.3) is 5.91 Å². The Hall–Kier alpha value is -4.84. The number of hydrogen-bond acceptors (Lipinski definition) is 7. The lowest BCUT2D eigenvalue weighted by atomic mass is 9.99. The Balaban J connectivity index is 1.52. The molecule has 0 spiro atoms. The van der Waals surface area contributed by atoms with E-state index in [0.29, 0.717) is 33.7 Å². The lowest BCUT2D eigenvalue weighted by Crippen LogP contribution is -2.32. The van der Waals surface area contributed by atoms with E-state index in [0.717, 1.165) is 0 Å². The fraction of sp³-hybridized carbons (Fsp3) is 0.0417. The van der Waals surface area contributed by atoms with Crippen molar-refractivity contribution in [3.05, 3.63) is 95.3 Å². The van der Waals surface area contributed by atoms with Crippen molar-refractivity contribution in [2.45, 2.75) is 6.17 Å². The summed E-state index contributed by atoms with van der Waals surface area (Å²) in [6.45, 7) is 0. The minimum atomic E-state index is -1.08. The van der Waals surface area contributed by atoms with Gasteiger partial charge in [0, 0.05) is 16.7 Å². The second kappa shape index (κ2) is 8.36. The van der Waals surface area contributed by atoms with Gasteiger partial charge in [-0.3, -0.25) is 4.79 Å². The quantitative estimate of drug-likeness (QED) is 0.498. The van der Waals surface area contributed by atoms with Crippen molar-refractivity contribution in [3.63, 3.8) is 0 Å². The number of nitrogens with zero attached hydrogens (tertiary/aromatic N) is 4. The molecule has 1 atom stereocenters. The van der Waals surface area contributed by atoms with Crippen molar-refractivity contribution in [2.75, 3.05) is 10.6 Å². The van der Waals surface area contributed by atoms with Crippen LogP contribution in [0.3, 0.4) is 0 Å². The van der Waals surface area contributed by atoms with E-state index in [1.807, 2.05) is 24.3 Å². The molecule has 1 amide bonds. The van der Waals surface area contributed by atoms with E-state index in [1.165, 1.54) is 24.3 Å². The molecule has 4 aromatic rings. The molecule has 8 nitrogen and oxygen atoms in total. The largest absolute Gasteiger partial charge is 0.403 e. The number of nitriles is 1. The van der Waals surface area contributed by atoms with Crippen LogP contribution in [-0.2, 0) is 4.79 Å². The maximum atomic E-state index is 13.2. The molecule has 0 saturated heterocycles. The van der Waals surface area contributed by atoms with Crippen LogP contribution in [0.5, 0.6) is 0 Å². The molecule has 0 bridgehead atoms. The summed E-state index contributed by atoms with van der Waals surface area (Å²) in [7, 11) is 0. The molecular weight excluding hydrogens is 423 g/mol. The smallest absolute Gasteiger partial charge is 0.317 e. The van der Waals surface area contributed by atoms with E-state index < -0.39 is 12.1 Å². The normalized spacial score (nSPS) is 15.0. The summed E-state index contributed by atoms with van der Waals surface area (Å²) in [5.74, 6) is -0.634. The minimum Gasteiger partial charge on any atom is -0.403 e. The van der Waals surface area contributed by atoms with Crippen molar-refractivity contribution < 1.29 is 13.6 Å². The molecule has 0 aliphatic carbocycles. The molecule has 1 aliphatic heterocycles. The molecule has 0 fully saturated rings. The van der Waals surface area contributed by atoms with E-state index in [1.54, 1.807) is 24.3 Å². The number of fused-ring (bicyclic) bond motifs is 1. The molecular formula is C24H15FN6O2. The molecule has 5 rings (SSSR count). The van der Waals surface area contributed by atoms with E-state index >= 15 is 0 Å². The molecule has 2 N–H and O–H groups in total. The molecule has 0 radical (unpaired) electrons. The molecule has 160 valence electrons. The number of amides is 1. The number of nitrogens with one attached hydrogen (secondary N) is 2. The standard InChI is InChI=1S/C24H15FN6O2/c25-17-10-8-15(9-11-17)23-30-31-24(33-23)29-21-22(32)27-19-7-2-1-6-18(19)20(28-21)16-5-3-4-14(12-16)13-26/h1-12,21H,(H,27,32)(H,29,31). The zero-order valence-electron chi connectivity index (χ0n) is 17.0. The highest BCUT2D eigenvalue weighted by Gasteiger charge is 2.27. The van der Waals surface area contributed by atoms with Gasteiger partial charge in [0.15, 0.2) is 0 Å². The van der Waals surface area contributed by atoms with Crippen LogP contribution in [0.15, 0.2) is 82.2 Å². The lowest BCUT2D eigenvalue weighted by Gasteiger charge is -2.11. The molecule has 2 heterocycles. The highest BCUT2D eigenvalue weighted by molar-refractivity contribution is 6.20. The van der Waals surface area contributed by atoms with Crippen molar-refractivity contribution in [2.24, 2.45) is 4.99 Å². The van der Waals surface area contributed by atoms with E-state index in [9.17, 15) is 14.4 Å². The Bertz CT molecular complexity index is 1420. The van der Waals surface area contributed by atoms with Crippen LogP contribution >= 0.6 is 0 Å². The van der Waals surface area contributed by atoms with Gasteiger partial charge in [0.05, 0.1) is 23.0 Å². The Morgan fingerprint density at radius 1 is 1.00 bits per heavy atom. The lowest BCUT2D eigenvalue weighted by molar-refractivity contribution is -0.116. The van der Waals surface area contributed by atoms with Gasteiger partial charge in [0.2, 0.25) is 12.1 Å². The van der Waals surface area contributed by atoms with Gasteiger partial charge in [-0.1, -0.05) is 35.4 Å². The monoisotopic (exact) mass is 438 g/mol. The first-order valence-electron chi connectivity index (χ1n) is 9.95. The second-order valence-corrected chi connectivity index (χ2v) is 7.17. The SMILES string of the molecule is N#Cc1cccc(C2=NC(Nc3nnc(-c4ccc(F)cc4)o3)C(=O)Nc3ccccc32)c1. The summed E-state index contributed by atoms with van der Waals surface area (Å²) in [4.78, 5) is 17.6. The number of hydrogen-bond donors (Lipinski definition) is 2. The van der Waals surface area contributed by atoms with Crippen molar-refractivity contribution in [1.82, 2.24) is 10.2 Å². The summed E-state index contributed by atoms with van der Waals surface area (Å²) in [5, 5.41) is 22.9.